The SMILES string of the molecule is CC(C)(C)OC(=O)N[C@@H](/C=C/CCNC(=O)OCC(Cl)(Cl)Cl)C(=O)O. The first-order valence-corrected chi connectivity index (χ1v) is 8.30. The fourth-order valence-electron chi connectivity index (χ4n) is 1.31. The third kappa shape index (κ3) is 14.7. The van der Waals surface area contributed by atoms with E-state index in [2.05, 4.69) is 15.4 Å². The van der Waals surface area contributed by atoms with Crippen molar-refractivity contribution in [3.63, 3.8) is 0 Å². The van der Waals surface area contributed by atoms with Gasteiger partial charge in [-0.15, -0.1) is 0 Å². The lowest BCUT2D eigenvalue weighted by atomic mass is 10.2. The molecule has 0 aliphatic heterocycles. The van der Waals surface area contributed by atoms with Crippen molar-refractivity contribution in [2.75, 3.05) is 13.2 Å². The molecule has 0 aliphatic carbocycles. The Morgan fingerprint density at radius 2 is 1.76 bits per heavy atom. The summed E-state index contributed by atoms with van der Waals surface area (Å²) >= 11 is 16.3. The molecule has 0 saturated carbocycles. The van der Waals surface area contributed by atoms with E-state index in [-0.39, 0.29) is 6.54 Å². The van der Waals surface area contributed by atoms with E-state index in [1.165, 1.54) is 12.2 Å². The van der Waals surface area contributed by atoms with Crippen LogP contribution in [-0.2, 0) is 14.3 Å². The summed E-state index contributed by atoms with van der Waals surface area (Å²) in [6, 6.07) is -1.26. The van der Waals surface area contributed by atoms with Crippen LogP contribution in [0.25, 0.3) is 0 Å². The van der Waals surface area contributed by atoms with E-state index >= 15 is 0 Å². The normalized spacial score (nSPS) is 13.2. The van der Waals surface area contributed by atoms with Gasteiger partial charge in [-0.25, -0.2) is 14.4 Å². The molecule has 0 fully saturated rings. The standard InChI is InChI=1S/C14H21Cl3N2O6/c1-13(2,3)25-12(23)19-9(10(20)21)6-4-5-7-18-11(22)24-8-14(15,16)17/h4,6,9H,5,7-8H2,1-3H3,(H,18,22)(H,19,23)(H,20,21)/b6-4+/t9-/m0/s1. The molecule has 0 aromatic carbocycles. The van der Waals surface area contributed by atoms with Crippen molar-refractivity contribution in [2.45, 2.75) is 42.6 Å². The molecule has 0 aromatic heterocycles. The third-order valence-electron chi connectivity index (χ3n) is 2.21. The molecule has 0 spiro atoms. The number of halogens is 3. The number of carbonyl (C=O) groups excluding carboxylic acids is 2. The zero-order valence-electron chi connectivity index (χ0n) is 14.0. The predicted molar refractivity (Wildman–Crippen MR) is 94.2 cm³/mol. The Kier molecular flexibility index (Phi) is 9.99. The summed E-state index contributed by atoms with van der Waals surface area (Å²) < 4.78 is 7.92. The monoisotopic (exact) mass is 418 g/mol. The van der Waals surface area contributed by atoms with Gasteiger partial charge in [0.05, 0.1) is 0 Å². The molecule has 0 aliphatic rings. The van der Waals surface area contributed by atoms with E-state index in [1.807, 2.05) is 0 Å². The van der Waals surface area contributed by atoms with Gasteiger partial charge in [-0.2, -0.15) is 0 Å². The van der Waals surface area contributed by atoms with Crippen molar-refractivity contribution < 1.29 is 29.0 Å². The molecule has 0 bridgehead atoms. The van der Waals surface area contributed by atoms with E-state index in [1.54, 1.807) is 20.8 Å². The minimum absolute atomic E-state index is 0.161. The molecular formula is C14H21Cl3N2O6. The summed E-state index contributed by atoms with van der Waals surface area (Å²) in [5, 5.41) is 13.7. The van der Waals surface area contributed by atoms with Crippen molar-refractivity contribution in [3.05, 3.63) is 12.2 Å². The van der Waals surface area contributed by atoms with Crippen LogP contribution < -0.4 is 10.6 Å². The number of amides is 2. The second-order valence-corrected chi connectivity index (χ2v) is 8.31. The lowest BCUT2D eigenvalue weighted by Gasteiger charge is -2.21. The fraction of sp³-hybridized carbons (Fsp3) is 0.643. The summed E-state index contributed by atoms with van der Waals surface area (Å²) in [6.07, 6.45) is 1.41. The quantitative estimate of drug-likeness (QED) is 0.332. The summed E-state index contributed by atoms with van der Waals surface area (Å²) in [7, 11) is 0. The summed E-state index contributed by atoms with van der Waals surface area (Å²) in [6.45, 7) is 4.73. The Morgan fingerprint density at radius 3 is 2.24 bits per heavy atom. The Hall–Kier alpha value is -1.38. The summed E-state index contributed by atoms with van der Waals surface area (Å²) in [5.41, 5.74) is -0.742. The number of rotatable bonds is 7. The lowest BCUT2D eigenvalue weighted by molar-refractivity contribution is -0.138. The van der Waals surface area contributed by atoms with Gasteiger partial charge in [-0.05, 0) is 27.2 Å². The van der Waals surface area contributed by atoms with Crippen molar-refractivity contribution in [3.8, 4) is 0 Å². The number of carboxylic acids is 1. The molecule has 0 saturated heterocycles. The molecule has 2 amide bonds. The highest BCUT2D eigenvalue weighted by atomic mass is 35.6. The first kappa shape index (κ1) is 23.6. The highest BCUT2D eigenvalue weighted by molar-refractivity contribution is 6.67. The molecule has 0 radical (unpaired) electrons. The second-order valence-electron chi connectivity index (χ2n) is 5.80. The maximum absolute atomic E-state index is 11.6. The molecule has 0 rings (SSSR count). The first-order valence-electron chi connectivity index (χ1n) is 7.16. The second kappa shape index (κ2) is 10.6. The number of alkyl halides is 3. The lowest BCUT2D eigenvalue weighted by Crippen LogP contribution is -2.42. The van der Waals surface area contributed by atoms with Crippen LogP contribution in [0.1, 0.15) is 27.2 Å². The molecule has 3 N–H and O–H groups in total. The maximum Gasteiger partial charge on any atom is 0.408 e. The van der Waals surface area contributed by atoms with Gasteiger partial charge in [0, 0.05) is 6.54 Å². The predicted octanol–water partition coefficient (Wildman–Crippen LogP) is 3.01. The van der Waals surface area contributed by atoms with Gasteiger partial charge in [-0.1, -0.05) is 47.0 Å². The smallest absolute Gasteiger partial charge is 0.408 e. The number of nitrogens with one attached hydrogen (secondary N) is 2. The summed E-state index contributed by atoms with van der Waals surface area (Å²) in [4.78, 5) is 33.9. The van der Waals surface area contributed by atoms with Crippen LogP contribution in [0.3, 0.4) is 0 Å². The minimum Gasteiger partial charge on any atom is -0.479 e. The number of ether oxygens (including phenoxy) is 2. The average molecular weight is 420 g/mol. The highest BCUT2D eigenvalue weighted by Crippen LogP contribution is 2.25. The van der Waals surface area contributed by atoms with Crippen molar-refractivity contribution >= 4 is 53.0 Å². The van der Waals surface area contributed by atoms with Gasteiger partial charge in [0.15, 0.2) is 0 Å². The Morgan fingerprint density at radius 1 is 1.16 bits per heavy atom. The van der Waals surface area contributed by atoms with E-state index in [9.17, 15) is 14.4 Å². The number of alkyl carbamates (subject to hydrolysis) is 2. The molecule has 0 unspecified atom stereocenters. The number of hydrogen-bond acceptors (Lipinski definition) is 5. The van der Waals surface area contributed by atoms with Crippen LogP contribution >= 0.6 is 34.8 Å². The number of aliphatic carboxylic acids is 1. The molecule has 1 atom stereocenters. The molecule has 8 nitrogen and oxygen atoms in total. The third-order valence-corrected chi connectivity index (χ3v) is 2.54. The van der Waals surface area contributed by atoms with Crippen LogP contribution in [0.5, 0.6) is 0 Å². The molecule has 25 heavy (non-hydrogen) atoms. The van der Waals surface area contributed by atoms with Crippen LogP contribution in [0.2, 0.25) is 0 Å². The van der Waals surface area contributed by atoms with Crippen molar-refractivity contribution in [1.82, 2.24) is 10.6 Å². The van der Waals surface area contributed by atoms with Crippen LogP contribution in [0.4, 0.5) is 9.59 Å². The van der Waals surface area contributed by atoms with Crippen molar-refractivity contribution in [1.29, 1.82) is 0 Å². The van der Waals surface area contributed by atoms with E-state index in [0.717, 1.165) is 0 Å². The number of hydrogen-bond donors (Lipinski definition) is 3. The first-order chi connectivity index (χ1) is 11.3. The van der Waals surface area contributed by atoms with Gasteiger partial charge in [-0.3, -0.25) is 0 Å². The maximum atomic E-state index is 11.6. The van der Waals surface area contributed by atoms with Gasteiger partial charge in [0.2, 0.25) is 3.79 Å². The van der Waals surface area contributed by atoms with E-state index in [4.69, 9.17) is 44.6 Å². The van der Waals surface area contributed by atoms with E-state index in [0.29, 0.717) is 6.42 Å². The topological polar surface area (TPSA) is 114 Å². The van der Waals surface area contributed by atoms with Gasteiger partial charge < -0.3 is 25.2 Å². The van der Waals surface area contributed by atoms with Gasteiger partial charge >= 0.3 is 18.2 Å². The highest BCUT2D eigenvalue weighted by Gasteiger charge is 2.22. The largest absolute Gasteiger partial charge is 0.479 e. The average Bonchev–Trinajstić information content (AvgIpc) is 2.40. The van der Waals surface area contributed by atoms with Crippen molar-refractivity contribution in [2.24, 2.45) is 0 Å². The minimum atomic E-state index is -1.70. The molecule has 144 valence electrons. The van der Waals surface area contributed by atoms with Crippen LogP contribution in [0.15, 0.2) is 12.2 Å². The molecule has 0 aromatic rings. The fourth-order valence-corrected chi connectivity index (χ4v) is 1.48. The van der Waals surface area contributed by atoms with Crippen LogP contribution in [-0.4, -0.2) is 51.8 Å². The number of carboxylic acid groups (broad SMARTS) is 1. The van der Waals surface area contributed by atoms with Crippen LogP contribution in [0, 0.1) is 0 Å². The molecular weight excluding hydrogens is 399 g/mol. The molecule has 11 heteroatoms. The van der Waals surface area contributed by atoms with E-state index < -0.39 is 40.2 Å². The Balaban J connectivity index is 4.23. The molecule has 0 heterocycles. The zero-order valence-corrected chi connectivity index (χ0v) is 16.2. The number of carbonyl (C=O) groups is 3. The Labute approximate surface area is 160 Å². The van der Waals surface area contributed by atoms with Gasteiger partial charge in [0.1, 0.15) is 18.2 Å². The summed E-state index contributed by atoms with van der Waals surface area (Å²) in [5.74, 6) is -1.25. The Bertz CT molecular complexity index is 500. The zero-order chi connectivity index (χ0) is 19.7. The van der Waals surface area contributed by atoms with Gasteiger partial charge in [0.25, 0.3) is 0 Å².